The molecule has 8 heteroatoms. The molecule has 30 heavy (non-hydrogen) atoms. The van der Waals surface area contributed by atoms with Crippen LogP contribution < -0.4 is 5.32 Å². The van der Waals surface area contributed by atoms with Gasteiger partial charge in [0.15, 0.2) is 16.8 Å². The first kappa shape index (κ1) is 21.7. The van der Waals surface area contributed by atoms with Gasteiger partial charge in [0.2, 0.25) is 5.91 Å². The lowest BCUT2D eigenvalue weighted by atomic mass is 10.1. The number of nitrogens with zero attached hydrogens (tertiary/aromatic N) is 4. The first-order chi connectivity index (χ1) is 14.6. The Kier molecular flexibility index (Phi) is 7.73. The third kappa shape index (κ3) is 5.54. The topological polar surface area (TPSA) is 89.8 Å². The first-order valence-electron chi connectivity index (χ1n) is 10.0. The molecule has 1 N–H and O–H groups in total. The molecule has 0 aliphatic heterocycles. The maximum atomic E-state index is 12.6. The van der Waals surface area contributed by atoms with E-state index in [1.807, 2.05) is 23.6 Å². The van der Waals surface area contributed by atoms with Crippen molar-refractivity contribution in [2.45, 2.75) is 44.8 Å². The highest BCUT2D eigenvalue weighted by Crippen LogP contribution is 2.25. The molecule has 7 nitrogen and oxygen atoms in total. The maximum absolute atomic E-state index is 12.6. The third-order valence-electron chi connectivity index (χ3n) is 4.40. The van der Waals surface area contributed by atoms with Gasteiger partial charge >= 0.3 is 0 Å². The van der Waals surface area contributed by atoms with Crippen molar-refractivity contribution in [3.63, 3.8) is 0 Å². The SMILES string of the molecule is CCCC(=O)Nc1ccc(C(=O)CSc2nnc(-c3ccncc3)n2CCC)cc1. The van der Waals surface area contributed by atoms with Crippen LogP contribution in [0.5, 0.6) is 0 Å². The normalized spacial score (nSPS) is 10.7. The van der Waals surface area contributed by atoms with E-state index >= 15 is 0 Å². The van der Waals surface area contributed by atoms with Gasteiger partial charge < -0.3 is 9.88 Å². The van der Waals surface area contributed by atoms with Crippen molar-refractivity contribution in [2.24, 2.45) is 0 Å². The van der Waals surface area contributed by atoms with Crippen LogP contribution in [0.4, 0.5) is 5.69 Å². The molecule has 0 aliphatic carbocycles. The predicted molar refractivity (Wildman–Crippen MR) is 119 cm³/mol. The van der Waals surface area contributed by atoms with Crippen molar-refractivity contribution in [2.75, 3.05) is 11.1 Å². The Hall–Kier alpha value is -3.00. The number of ketones is 1. The number of thioether (sulfide) groups is 1. The summed E-state index contributed by atoms with van der Waals surface area (Å²) in [5.41, 5.74) is 2.25. The number of Topliss-reactive ketones (excluding diaryl/α,β-unsaturated/α-hetero) is 1. The zero-order valence-corrected chi connectivity index (χ0v) is 18.0. The number of pyridine rings is 1. The summed E-state index contributed by atoms with van der Waals surface area (Å²) in [6.07, 6.45) is 5.67. The number of anilines is 1. The van der Waals surface area contributed by atoms with E-state index in [1.54, 1.807) is 36.7 Å². The highest BCUT2D eigenvalue weighted by Gasteiger charge is 2.16. The monoisotopic (exact) mass is 423 g/mol. The van der Waals surface area contributed by atoms with Gasteiger partial charge in [0, 0.05) is 42.2 Å². The summed E-state index contributed by atoms with van der Waals surface area (Å²) in [5.74, 6) is 1.02. The van der Waals surface area contributed by atoms with Crippen LogP contribution in [0.25, 0.3) is 11.4 Å². The number of benzene rings is 1. The van der Waals surface area contributed by atoms with E-state index in [9.17, 15) is 9.59 Å². The molecule has 0 spiro atoms. The summed E-state index contributed by atoms with van der Waals surface area (Å²) in [6.45, 7) is 4.82. The van der Waals surface area contributed by atoms with Gasteiger partial charge in [-0.15, -0.1) is 10.2 Å². The predicted octanol–water partition coefficient (Wildman–Crippen LogP) is 4.46. The summed E-state index contributed by atoms with van der Waals surface area (Å²) in [5, 5.41) is 12.2. The molecule has 0 saturated carbocycles. The van der Waals surface area contributed by atoms with Crippen molar-refractivity contribution in [3.05, 3.63) is 54.4 Å². The number of carbonyl (C=O) groups excluding carboxylic acids is 2. The Labute approximate surface area is 180 Å². The lowest BCUT2D eigenvalue weighted by Gasteiger charge is -2.09. The lowest BCUT2D eigenvalue weighted by molar-refractivity contribution is -0.116. The average Bonchev–Trinajstić information content (AvgIpc) is 3.16. The minimum absolute atomic E-state index is 0.00273. The second kappa shape index (κ2) is 10.7. The van der Waals surface area contributed by atoms with Gasteiger partial charge in [0.05, 0.1) is 5.75 Å². The summed E-state index contributed by atoms with van der Waals surface area (Å²) < 4.78 is 2.04. The van der Waals surface area contributed by atoms with Gasteiger partial charge in [0.1, 0.15) is 0 Å². The zero-order valence-electron chi connectivity index (χ0n) is 17.2. The molecule has 0 fully saturated rings. The fraction of sp³-hybridized carbons (Fsp3) is 0.318. The van der Waals surface area contributed by atoms with E-state index in [2.05, 4.69) is 27.4 Å². The number of hydrogen-bond acceptors (Lipinski definition) is 6. The molecule has 3 aromatic rings. The average molecular weight is 424 g/mol. The quantitative estimate of drug-likeness (QED) is 0.382. The van der Waals surface area contributed by atoms with Crippen LogP contribution in [-0.2, 0) is 11.3 Å². The fourth-order valence-electron chi connectivity index (χ4n) is 2.94. The van der Waals surface area contributed by atoms with Crippen LogP contribution in [0, 0.1) is 0 Å². The van der Waals surface area contributed by atoms with Crippen molar-refractivity contribution >= 4 is 29.1 Å². The van der Waals surface area contributed by atoms with Gasteiger partial charge in [-0.3, -0.25) is 14.6 Å². The third-order valence-corrected chi connectivity index (χ3v) is 5.37. The lowest BCUT2D eigenvalue weighted by Crippen LogP contribution is -2.11. The molecule has 0 saturated heterocycles. The van der Waals surface area contributed by atoms with Crippen molar-refractivity contribution in [1.82, 2.24) is 19.7 Å². The molecule has 2 heterocycles. The molecule has 0 radical (unpaired) electrons. The first-order valence-corrected chi connectivity index (χ1v) is 11.0. The summed E-state index contributed by atoms with van der Waals surface area (Å²) in [6, 6.07) is 10.8. The van der Waals surface area contributed by atoms with Crippen LogP contribution in [0.15, 0.2) is 53.9 Å². The van der Waals surface area contributed by atoms with E-state index < -0.39 is 0 Å². The summed E-state index contributed by atoms with van der Waals surface area (Å²) in [4.78, 5) is 28.4. The molecule has 3 rings (SSSR count). The highest BCUT2D eigenvalue weighted by molar-refractivity contribution is 7.99. The van der Waals surface area contributed by atoms with Crippen LogP contribution in [0.2, 0.25) is 0 Å². The number of carbonyl (C=O) groups is 2. The number of nitrogens with one attached hydrogen (secondary N) is 1. The fourth-order valence-corrected chi connectivity index (χ4v) is 3.80. The second-order valence-electron chi connectivity index (χ2n) is 6.78. The van der Waals surface area contributed by atoms with Crippen molar-refractivity contribution in [1.29, 1.82) is 0 Å². The van der Waals surface area contributed by atoms with Gasteiger partial charge in [0.25, 0.3) is 0 Å². The van der Waals surface area contributed by atoms with Crippen LogP contribution >= 0.6 is 11.8 Å². The van der Waals surface area contributed by atoms with Gasteiger partial charge in [-0.1, -0.05) is 25.6 Å². The van der Waals surface area contributed by atoms with E-state index in [0.717, 1.165) is 35.9 Å². The molecule has 0 unspecified atom stereocenters. The standard InChI is InChI=1S/C22H25N5O2S/c1-3-5-20(29)24-18-8-6-16(7-9-18)19(28)15-30-22-26-25-21(27(22)14-4-2)17-10-12-23-13-11-17/h6-13H,3-5,14-15H2,1-2H3,(H,24,29). The molecule has 0 aliphatic rings. The molecule has 0 bridgehead atoms. The van der Waals surface area contributed by atoms with Gasteiger partial charge in [-0.2, -0.15) is 0 Å². The molecular weight excluding hydrogens is 398 g/mol. The molecule has 1 amide bonds. The summed E-state index contributed by atoms with van der Waals surface area (Å²) >= 11 is 1.38. The Morgan fingerprint density at radius 2 is 1.73 bits per heavy atom. The Balaban J connectivity index is 1.66. The Morgan fingerprint density at radius 1 is 1.00 bits per heavy atom. The Morgan fingerprint density at radius 3 is 2.40 bits per heavy atom. The maximum Gasteiger partial charge on any atom is 0.224 e. The highest BCUT2D eigenvalue weighted by atomic mass is 32.2. The van der Waals surface area contributed by atoms with Crippen molar-refractivity contribution < 1.29 is 9.59 Å². The minimum Gasteiger partial charge on any atom is -0.326 e. The van der Waals surface area contributed by atoms with Crippen LogP contribution in [0.3, 0.4) is 0 Å². The van der Waals surface area contributed by atoms with E-state index in [1.165, 1.54) is 11.8 Å². The number of aromatic nitrogens is 4. The van der Waals surface area contributed by atoms with Crippen molar-refractivity contribution in [3.8, 4) is 11.4 Å². The number of amides is 1. The number of rotatable bonds is 10. The van der Waals surface area contributed by atoms with Crippen LogP contribution in [-0.4, -0.2) is 37.2 Å². The molecule has 156 valence electrons. The number of hydrogen-bond donors (Lipinski definition) is 1. The van der Waals surface area contributed by atoms with E-state index in [0.29, 0.717) is 17.7 Å². The molecule has 2 aromatic heterocycles. The zero-order chi connectivity index (χ0) is 21.3. The molecule has 0 atom stereocenters. The van der Waals surface area contributed by atoms with E-state index in [4.69, 9.17) is 0 Å². The molecular formula is C22H25N5O2S. The summed E-state index contributed by atoms with van der Waals surface area (Å²) in [7, 11) is 0. The smallest absolute Gasteiger partial charge is 0.224 e. The Bertz CT molecular complexity index is 987. The molecule has 1 aromatic carbocycles. The van der Waals surface area contributed by atoms with Gasteiger partial charge in [-0.05, 0) is 49.2 Å². The minimum atomic E-state index is -0.0209. The van der Waals surface area contributed by atoms with Gasteiger partial charge in [-0.25, -0.2) is 0 Å². The van der Waals surface area contributed by atoms with E-state index in [-0.39, 0.29) is 17.4 Å². The van der Waals surface area contributed by atoms with Crippen LogP contribution in [0.1, 0.15) is 43.5 Å². The second-order valence-corrected chi connectivity index (χ2v) is 7.72. The largest absolute Gasteiger partial charge is 0.326 e.